The molecule has 40 heavy (non-hydrogen) atoms. The fraction of sp³-hybridized carbons (Fsp3) is 0.613. The Bertz CT molecular complexity index is 1010. The second-order valence-corrected chi connectivity index (χ2v) is 11.6. The van der Waals surface area contributed by atoms with E-state index in [1.54, 1.807) is 33.8 Å². The maximum Gasteiger partial charge on any atom is 0.330 e. The summed E-state index contributed by atoms with van der Waals surface area (Å²) in [4.78, 5) is 25.1. The van der Waals surface area contributed by atoms with Gasteiger partial charge in [-0.3, -0.25) is 4.79 Å². The summed E-state index contributed by atoms with van der Waals surface area (Å²) in [7, 11) is 2.69. The quantitative estimate of drug-likeness (QED) is 0.120. The van der Waals surface area contributed by atoms with Crippen molar-refractivity contribution in [3.63, 3.8) is 0 Å². The van der Waals surface area contributed by atoms with Gasteiger partial charge in [-0.05, 0) is 45.3 Å². The molecule has 0 saturated carbocycles. The zero-order valence-corrected chi connectivity index (χ0v) is 25.1. The lowest BCUT2D eigenvalue weighted by Gasteiger charge is -2.52. The van der Waals surface area contributed by atoms with Gasteiger partial charge in [-0.1, -0.05) is 50.3 Å². The van der Waals surface area contributed by atoms with E-state index in [-0.39, 0.29) is 19.6 Å². The van der Waals surface area contributed by atoms with Crippen molar-refractivity contribution in [3.8, 4) is 0 Å². The van der Waals surface area contributed by atoms with Crippen LogP contribution in [0.1, 0.15) is 59.9 Å². The molecule has 5 atom stereocenters. The van der Waals surface area contributed by atoms with Gasteiger partial charge in [0.1, 0.15) is 19.0 Å². The predicted octanol–water partition coefficient (Wildman–Crippen LogP) is 4.72. The van der Waals surface area contributed by atoms with Crippen LogP contribution in [0, 0.1) is 10.8 Å². The summed E-state index contributed by atoms with van der Waals surface area (Å²) in [6.07, 6.45) is 0.0681. The summed E-state index contributed by atoms with van der Waals surface area (Å²) in [6.45, 7) is 15.0. The van der Waals surface area contributed by atoms with E-state index in [0.717, 1.165) is 5.56 Å². The van der Waals surface area contributed by atoms with Gasteiger partial charge in [0.25, 0.3) is 0 Å². The zero-order chi connectivity index (χ0) is 30.1. The van der Waals surface area contributed by atoms with Crippen molar-refractivity contribution >= 4 is 11.9 Å². The van der Waals surface area contributed by atoms with Crippen molar-refractivity contribution in [1.29, 1.82) is 0 Å². The summed E-state index contributed by atoms with van der Waals surface area (Å²) in [5, 5.41) is 11.3. The number of esters is 2. The Morgan fingerprint density at radius 2 is 1.82 bits per heavy atom. The number of benzene rings is 1. The first-order chi connectivity index (χ1) is 18.7. The molecule has 0 spiro atoms. The van der Waals surface area contributed by atoms with Crippen LogP contribution in [-0.4, -0.2) is 68.3 Å². The fourth-order valence-electron chi connectivity index (χ4n) is 4.43. The van der Waals surface area contributed by atoms with Crippen molar-refractivity contribution in [2.24, 2.45) is 10.8 Å². The molecule has 0 radical (unpaired) electrons. The molecule has 0 amide bonds. The average molecular weight is 563 g/mol. The minimum Gasteiger partial charge on any atom is -0.466 e. The first-order valence-corrected chi connectivity index (χ1v) is 13.5. The lowest BCUT2D eigenvalue weighted by atomic mass is 9.74. The number of aliphatic hydroxyl groups excluding tert-OH is 1. The van der Waals surface area contributed by atoms with Crippen LogP contribution in [0.15, 0.2) is 54.6 Å². The Balaban J connectivity index is 2.31. The van der Waals surface area contributed by atoms with Crippen LogP contribution in [0.3, 0.4) is 0 Å². The average Bonchev–Trinajstić information content (AvgIpc) is 2.91. The highest BCUT2D eigenvalue weighted by Gasteiger charge is 2.56. The lowest BCUT2D eigenvalue weighted by molar-refractivity contribution is -0.337. The maximum absolute atomic E-state index is 12.9. The van der Waals surface area contributed by atoms with Crippen molar-refractivity contribution < 1.29 is 43.1 Å². The van der Waals surface area contributed by atoms with E-state index in [2.05, 4.69) is 6.58 Å². The molecule has 0 aromatic heterocycles. The molecule has 1 heterocycles. The topological polar surface area (TPSA) is 110 Å². The minimum absolute atomic E-state index is 0.0110. The number of ether oxygens (including phenoxy) is 6. The largest absolute Gasteiger partial charge is 0.466 e. The number of aliphatic hydroxyl groups is 1. The Morgan fingerprint density at radius 1 is 1.18 bits per heavy atom. The third-order valence-corrected chi connectivity index (χ3v) is 7.15. The lowest BCUT2D eigenvalue weighted by Crippen LogP contribution is -2.62. The summed E-state index contributed by atoms with van der Waals surface area (Å²) in [5.74, 6) is -2.58. The monoisotopic (exact) mass is 562 g/mol. The molecule has 1 aromatic carbocycles. The van der Waals surface area contributed by atoms with E-state index in [0.29, 0.717) is 12.2 Å². The molecule has 0 unspecified atom stereocenters. The molecule has 0 aliphatic carbocycles. The summed E-state index contributed by atoms with van der Waals surface area (Å²) in [5.41, 5.74) is -0.238. The summed E-state index contributed by atoms with van der Waals surface area (Å²) < 4.78 is 34.7. The van der Waals surface area contributed by atoms with Gasteiger partial charge in [0.2, 0.25) is 5.79 Å². The van der Waals surface area contributed by atoms with E-state index in [4.69, 9.17) is 28.4 Å². The predicted molar refractivity (Wildman–Crippen MR) is 150 cm³/mol. The second-order valence-electron chi connectivity index (χ2n) is 11.6. The summed E-state index contributed by atoms with van der Waals surface area (Å²) in [6, 6.07) is 9.71. The van der Waals surface area contributed by atoms with E-state index in [1.165, 1.54) is 20.3 Å². The molecule has 0 bridgehead atoms. The molecule has 1 saturated heterocycles. The van der Waals surface area contributed by atoms with Gasteiger partial charge in [0.05, 0.1) is 31.3 Å². The van der Waals surface area contributed by atoms with Crippen molar-refractivity contribution in [1.82, 2.24) is 0 Å². The van der Waals surface area contributed by atoms with Crippen LogP contribution >= 0.6 is 0 Å². The molecule has 1 aromatic rings. The zero-order valence-electron chi connectivity index (χ0n) is 25.1. The van der Waals surface area contributed by atoms with Crippen LogP contribution < -0.4 is 0 Å². The molecule has 2 rings (SSSR count). The molecule has 1 N–H and O–H groups in total. The number of rotatable bonds is 13. The normalized spacial score (nSPS) is 24.3. The molecule has 1 aliphatic rings. The standard InChI is InChI=1S/C31H46O9/c1-10-30(6,7)31(36-9)27(33)23(17-26(32)35-8)16-24(40-31)18-25(39-28(34)29(3,4)5)21(2)38-20-37-19-22-14-12-11-13-15-22/h10-15,17,21,24-25,27,33H,1,16,18-20H2,2-9H3/b23-17-/t21-,24+,25-,27+,31-/m1/s1. The molecular weight excluding hydrogens is 516 g/mol. The third kappa shape index (κ3) is 8.47. The van der Waals surface area contributed by atoms with Crippen molar-refractivity contribution in [2.75, 3.05) is 21.0 Å². The molecular formula is C31H46O9. The van der Waals surface area contributed by atoms with Gasteiger partial charge in [-0.15, -0.1) is 6.58 Å². The number of hydrogen-bond acceptors (Lipinski definition) is 9. The van der Waals surface area contributed by atoms with Gasteiger partial charge in [-0.2, -0.15) is 0 Å². The Morgan fingerprint density at radius 3 is 2.38 bits per heavy atom. The van der Waals surface area contributed by atoms with E-state index in [9.17, 15) is 14.7 Å². The smallest absolute Gasteiger partial charge is 0.330 e. The van der Waals surface area contributed by atoms with Crippen LogP contribution in [0.4, 0.5) is 0 Å². The highest BCUT2D eigenvalue weighted by molar-refractivity contribution is 5.83. The van der Waals surface area contributed by atoms with E-state index >= 15 is 0 Å². The molecule has 1 aliphatic heterocycles. The molecule has 224 valence electrons. The van der Waals surface area contributed by atoms with Gasteiger partial charge in [0, 0.05) is 25.0 Å². The second kappa shape index (κ2) is 14.4. The van der Waals surface area contributed by atoms with Gasteiger partial charge in [0.15, 0.2) is 0 Å². The Hall–Kier alpha value is -2.56. The first-order valence-electron chi connectivity index (χ1n) is 13.5. The van der Waals surface area contributed by atoms with Crippen LogP contribution in [0.5, 0.6) is 0 Å². The highest BCUT2D eigenvalue weighted by Crippen LogP contribution is 2.47. The maximum atomic E-state index is 12.9. The Kier molecular flexibility index (Phi) is 12.1. The SMILES string of the molecule is C=CC(C)(C)[C@]1(OC)O[C@H](C[C@@H](OC(=O)C(C)(C)C)[C@@H](C)OCOCc2ccccc2)C/C(=C/C(=O)OC)[C@@H]1O. The highest BCUT2D eigenvalue weighted by atomic mass is 16.7. The van der Waals surface area contributed by atoms with Gasteiger partial charge in [-0.25, -0.2) is 4.79 Å². The molecule has 9 nitrogen and oxygen atoms in total. The van der Waals surface area contributed by atoms with Crippen molar-refractivity contribution in [3.05, 3.63) is 60.2 Å². The van der Waals surface area contributed by atoms with Crippen LogP contribution in [0.2, 0.25) is 0 Å². The first kappa shape index (κ1) is 33.6. The van der Waals surface area contributed by atoms with Crippen LogP contribution in [0.25, 0.3) is 0 Å². The minimum atomic E-state index is -1.57. The van der Waals surface area contributed by atoms with Crippen molar-refractivity contribution in [2.45, 2.75) is 91.2 Å². The third-order valence-electron chi connectivity index (χ3n) is 7.15. The number of methoxy groups -OCH3 is 2. The fourth-order valence-corrected chi connectivity index (χ4v) is 4.43. The molecule has 9 heteroatoms. The summed E-state index contributed by atoms with van der Waals surface area (Å²) >= 11 is 0. The van der Waals surface area contributed by atoms with Gasteiger partial charge < -0.3 is 33.5 Å². The molecule has 1 fully saturated rings. The van der Waals surface area contributed by atoms with Gasteiger partial charge >= 0.3 is 11.9 Å². The Labute approximate surface area is 238 Å². The van der Waals surface area contributed by atoms with E-state index < -0.39 is 53.0 Å². The number of carbonyl (C=O) groups is 2. The number of hydrogen-bond donors (Lipinski definition) is 1. The van der Waals surface area contributed by atoms with Crippen LogP contribution in [-0.2, 0) is 44.6 Å². The number of carbonyl (C=O) groups excluding carboxylic acids is 2. The van der Waals surface area contributed by atoms with E-state index in [1.807, 2.05) is 44.2 Å².